The zero-order chi connectivity index (χ0) is 19.6. The van der Waals surface area contributed by atoms with Gasteiger partial charge in [-0.15, -0.1) is 0 Å². The Balaban J connectivity index is 0.000000200. The summed E-state index contributed by atoms with van der Waals surface area (Å²) in [5, 5.41) is 18.8. The van der Waals surface area contributed by atoms with E-state index in [4.69, 9.17) is 0 Å². The van der Waals surface area contributed by atoms with Gasteiger partial charge in [0, 0.05) is 29.5 Å². The van der Waals surface area contributed by atoms with Crippen LogP contribution >= 0.6 is 0 Å². The largest absolute Gasteiger partial charge is 0.506 e. The molecule has 0 amide bonds. The summed E-state index contributed by atoms with van der Waals surface area (Å²) in [7, 11) is 0. The van der Waals surface area contributed by atoms with Gasteiger partial charge in [-0.1, -0.05) is 24.3 Å². The number of nitrogens with one attached hydrogen (secondary N) is 2. The maximum Gasteiger partial charge on any atom is 0.141 e. The van der Waals surface area contributed by atoms with E-state index in [9.17, 15) is 10.2 Å². The minimum atomic E-state index is 0. The van der Waals surface area contributed by atoms with Crippen LogP contribution in [0.1, 0.15) is 11.4 Å². The van der Waals surface area contributed by atoms with E-state index in [1.54, 1.807) is 48.8 Å². The second-order valence-electron chi connectivity index (χ2n) is 5.74. The van der Waals surface area contributed by atoms with Gasteiger partial charge < -0.3 is 20.2 Å². The molecule has 4 aromatic rings. The number of phenolic OH excluding ortho intramolecular Hbond substituents is 2. The molecule has 4 rings (SSSR count). The van der Waals surface area contributed by atoms with Gasteiger partial charge in [-0.3, -0.25) is 9.98 Å². The summed E-state index contributed by atoms with van der Waals surface area (Å²) in [6.07, 6.45) is 7.00. The summed E-state index contributed by atoms with van der Waals surface area (Å²) < 4.78 is 0. The van der Waals surface area contributed by atoms with Gasteiger partial charge >= 0.3 is 0 Å². The Morgan fingerprint density at radius 2 is 1.00 bits per heavy atom. The van der Waals surface area contributed by atoms with E-state index in [1.807, 2.05) is 48.8 Å². The fourth-order valence-electron chi connectivity index (χ4n) is 2.27. The minimum Gasteiger partial charge on any atom is -0.506 e. The molecule has 0 spiro atoms. The van der Waals surface area contributed by atoms with Gasteiger partial charge in [-0.2, -0.15) is 0 Å². The molecule has 0 atom stereocenters. The molecule has 1 radical (unpaired) electrons. The summed E-state index contributed by atoms with van der Waals surface area (Å²) in [5.41, 5.74) is 2.96. The number of hydrogen-bond donors (Lipinski definition) is 4. The van der Waals surface area contributed by atoms with Gasteiger partial charge in [0.15, 0.2) is 0 Å². The number of H-pyrrole nitrogens is 2. The molecule has 0 aliphatic carbocycles. The van der Waals surface area contributed by atoms with Crippen LogP contribution in [0, 0.1) is 0 Å². The van der Waals surface area contributed by atoms with Gasteiger partial charge in [0.1, 0.15) is 22.9 Å². The molecular weight excluding hydrogens is 416 g/mol. The van der Waals surface area contributed by atoms with Crippen molar-refractivity contribution in [3.8, 4) is 11.5 Å². The fourth-order valence-corrected chi connectivity index (χ4v) is 2.27. The first-order valence-electron chi connectivity index (χ1n) is 8.63. The molecular formula is C22H20CuN4O2. The number of para-hydroxylation sites is 4. The molecule has 0 bridgehead atoms. The van der Waals surface area contributed by atoms with Gasteiger partial charge in [-0.25, -0.2) is 0 Å². The molecule has 151 valence electrons. The number of hydrogen-bond acceptors (Lipinski definition) is 4. The number of aromatic nitrogens is 2. The Labute approximate surface area is 179 Å². The molecule has 4 N–H and O–H groups in total. The summed E-state index contributed by atoms with van der Waals surface area (Å²) in [4.78, 5) is 14.3. The topological polar surface area (TPSA) is 96.8 Å². The van der Waals surface area contributed by atoms with Crippen LogP contribution in [0.5, 0.6) is 11.5 Å². The number of nitrogens with zero attached hydrogens (tertiary/aromatic N) is 2. The SMILES string of the molecule is Oc1ccccc1N=Cc1ccc[nH]1.Oc1ccccc1N=Cc1ccc[nH]1.[Cu]. The summed E-state index contributed by atoms with van der Waals surface area (Å²) in [5.74, 6) is 0.380. The van der Waals surface area contributed by atoms with Crippen molar-refractivity contribution in [2.24, 2.45) is 9.98 Å². The first-order chi connectivity index (χ1) is 13.7. The van der Waals surface area contributed by atoms with E-state index >= 15 is 0 Å². The van der Waals surface area contributed by atoms with Crippen LogP contribution in [0.15, 0.2) is 95.2 Å². The Hall–Kier alpha value is -3.54. The number of benzene rings is 2. The van der Waals surface area contributed by atoms with Crippen LogP contribution in [-0.4, -0.2) is 32.6 Å². The Bertz CT molecular complexity index is 957. The van der Waals surface area contributed by atoms with Crippen LogP contribution in [0.3, 0.4) is 0 Å². The van der Waals surface area contributed by atoms with Gasteiger partial charge in [-0.05, 0) is 48.5 Å². The normalized spacial score (nSPS) is 10.5. The van der Waals surface area contributed by atoms with E-state index in [-0.39, 0.29) is 28.6 Å². The quantitative estimate of drug-likeness (QED) is 0.270. The van der Waals surface area contributed by atoms with Crippen molar-refractivity contribution in [3.63, 3.8) is 0 Å². The van der Waals surface area contributed by atoms with E-state index in [2.05, 4.69) is 20.0 Å². The third-order valence-corrected chi connectivity index (χ3v) is 3.69. The van der Waals surface area contributed by atoms with Crippen molar-refractivity contribution < 1.29 is 27.3 Å². The van der Waals surface area contributed by atoms with E-state index in [0.717, 1.165) is 11.4 Å². The predicted molar refractivity (Wildman–Crippen MR) is 112 cm³/mol. The summed E-state index contributed by atoms with van der Waals surface area (Å²) >= 11 is 0. The van der Waals surface area contributed by atoms with Crippen molar-refractivity contribution in [2.75, 3.05) is 0 Å². The molecule has 0 aliphatic rings. The van der Waals surface area contributed by atoms with Gasteiger partial charge in [0.05, 0.1) is 23.8 Å². The Kier molecular flexibility index (Phi) is 8.50. The molecule has 6 nitrogen and oxygen atoms in total. The molecule has 0 saturated carbocycles. The van der Waals surface area contributed by atoms with Gasteiger partial charge in [0.2, 0.25) is 0 Å². The van der Waals surface area contributed by atoms with E-state index in [1.165, 1.54) is 0 Å². The number of phenols is 2. The molecule has 0 unspecified atom stereocenters. The third kappa shape index (κ3) is 6.84. The van der Waals surface area contributed by atoms with Crippen molar-refractivity contribution in [1.29, 1.82) is 0 Å². The number of rotatable bonds is 4. The zero-order valence-electron chi connectivity index (χ0n) is 15.3. The van der Waals surface area contributed by atoms with Crippen molar-refractivity contribution in [1.82, 2.24) is 9.97 Å². The maximum absolute atomic E-state index is 9.42. The molecule has 0 saturated heterocycles. The second kappa shape index (κ2) is 11.3. The van der Waals surface area contributed by atoms with E-state index < -0.39 is 0 Å². The standard InChI is InChI=1S/2C11H10N2O.Cu/c2*14-11-6-2-1-5-10(11)13-8-9-4-3-7-12-9;/h2*1-8,12,14H;. The number of aliphatic imine (C=N–C) groups is 2. The van der Waals surface area contributed by atoms with Crippen LogP contribution in [-0.2, 0) is 17.1 Å². The van der Waals surface area contributed by atoms with Crippen molar-refractivity contribution in [2.45, 2.75) is 0 Å². The minimum absolute atomic E-state index is 0. The maximum atomic E-state index is 9.42. The molecule has 29 heavy (non-hydrogen) atoms. The molecule has 0 aliphatic heterocycles. The smallest absolute Gasteiger partial charge is 0.141 e. The monoisotopic (exact) mass is 435 g/mol. The predicted octanol–water partition coefficient (Wildman–Crippen LogP) is 4.94. The van der Waals surface area contributed by atoms with Crippen molar-refractivity contribution >= 4 is 23.8 Å². The molecule has 2 aromatic heterocycles. The molecule has 7 heteroatoms. The summed E-state index contributed by atoms with van der Waals surface area (Å²) in [6, 6.07) is 21.5. The molecule has 0 fully saturated rings. The first-order valence-corrected chi connectivity index (χ1v) is 8.63. The van der Waals surface area contributed by atoms with Crippen LogP contribution in [0.2, 0.25) is 0 Å². The third-order valence-electron chi connectivity index (χ3n) is 3.69. The van der Waals surface area contributed by atoms with Crippen molar-refractivity contribution in [3.05, 3.63) is 96.6 Å². The first kappa shape index (κ1) is 21.8. The van der Waals surface area contributed by atoms with E-state index in [0.29, 0.717) is 11.4 Å². The average molecular weight is 436 g/mol. The number of aromatic amines is 2. The second-order valence-corrected chi connectivity index (χ2v) is 5.74. The van der Waals surface area contributed by atoms with Crippen LogP contribution in [0.4, 0.5) is 11.4 Å². The molecule has 2 aromatic carbocycles. The Morgan fingerprint density at radius 3 is 1.34 bits per heavy atom. The summed E-state index contributed by atoms with van der Waals surface area (Å²) in [6.45, 7) is 0. The fraction of sp³-hybridized carbons (Fsp3) is 0. The van der Waals surface area contributed by atoms with Crippen LogP contribution in [0.25, 0.3) is 0 Å². The van der Waals surface area contributed by atoms with Crippen LogP contribution < -0.4 is 0 Å². The number of aromatic hydroxyl groups is 2. The molecule has 2 heterocycles. The Morgan fingerprint density at radius 1 is 0.586 bits per heavy atom. The van der Waals surface area contributed by atoms with Gasteiger partial charge in [0.25, 0.3) is 0 Å². The average Bonchev–Trinajstić information content (AvgIpc) is 3.41. The zero-order valence-corrected chi connectivity index (χ0v) is 16.3.